The molecular weight excluding hydrogens is 336 g/mol. The second-order valence-corrected chi connectivity index (χ2v) is 6.65. The fourth-order valence-corrected chi connectivity index (χ4v) is 3.69. The van der Waals surface area contributed by atoms with E-state index in [2.05, 4.69) is 0 Å². The number of anilines is 1. The SMILES string of the molecule is N=C1c2ccccc2N2C(=Nc3ccccc3C2O)N1Cc1ccccc1. The van der Waals surface area contributed by atoms with Gasteiger partial charge in [-0.15, -0.1) is 0 Å². The molecule has 0 aromatic heterocycles. The molecule has 3 aromatic rings. The minimum atomic E-state index is -0.846. The number of aliphatic hydroxyl groups is 1. The number of amidine groups is 1. The quantitative estimate of drug-likeness (QED) is 0.730. The Hall–Kier alpha value is -3.44. The molecule has 2 heterocycles. The maximum atomic E-state index is 11.1. The number of aliphatic imine (C=N–C) groups is 1. The normalized spacial score (nSPS) is 17.7. The summed E-state index contributed by atoms with van der Waals surface area (Å²) < 4.78 is 0. The third kappa shape index (κ3) is 2.44. The van der Waals surface area contributed by atoms with E-state index in [4.69, 9.17) is 10.4 Å². The van der Waals surface area contributed by atoms with Crippen LogP contribution >= 0.6 is 0 Å². The van der Waals surface area contributed by atoms with Gasteiger partial charge in [-0.1, -0.05) is 60.7 Å². The van der Waals surface area contributed by atoms with Crippen LogP contribution in [-0.2, 0) is 6.54 Å². The van der Waals surface area contributed by atoms with Crippen LogP contribution in [0, 0.1) is 5.41 Å². The molecule has 0 saturated heterocycles. The van der Waals surface area contributed by atoms with Crippen molar-refractivity contribution >= 4 is 23.2 Å². The van der Waals surface area contributed by atoms with E-state index in [1.807, 2.05) is 88.7 Å². The van der Waals surface area contributed by atoms with Crippen molar-refractivity contribution in [1.29, 1.82) is 5.41 Å². The zero-order valence-corrected chi connectivity index (χ0v) is 14.6. The van der Waals surface area contributed by atoms with Crippen molar-refractivity contribution in [3.8, 4) is 0 Å². The van der Waals surface area contributed by atoms with Gasteiger partial charge in [-0.3, -0.25) is 15.2 Å². The molecule has 2 N–H and O–H groups in total. The molecular formula is C22H18N4O. The topological polar surface area (TPSA) is 62.9 Å². The van der Waals surface area contributed by atoms with E-state index in [0.29, 0.717) is 18.3 Å². The fourth-order valence-electron chi connectivity index (χ4n) is 3.69. The summed E-state index contributed by atoms with van der Waals surface area (Å²) in [4.78, 5) is 8.49. The summed E-state index contributed by atoms with van der Waals surface area (Å²) in [5.41, 5.74) is 4.17. The predicted octanol–water partition coefficient (Wildman–Crippen LogP) is 4.03. The molecule has 5 nitrogen and oxygen atoms in total. The molecule has 0 amide bonds. The maximum Gasteiger partial charge on any atom is 0.214 e. The van der Waals surface area contributed by atoms with Gasteiger partial charge in [0.25, 0.3) is 0 Å². The van der Waals surface area contributed by atoms with Gasteiger partial charge in [-0.25, -0.2) is 4.99 Å². The molecule has 0 aliphatic carbocycles. The first-order chi connectivity index (χ1) is 13.2. The maximum absolute atomic E-state index is 11.1. The van der Waals surface area contributed by atoms with Gasteiger partial charge in [-0.05, 0) is 23.8 Å². The van der Waals surface area contributed by atoms with E-state index in [1.165, 1.54) is 0 Å². The first-order valence-electron chi connectivity index (χ1n) is 8.88. The summed E-state index contributed by atoms with van der Waals surface area (Å²) >= 11 is 0. The van der Waals surface area contributed by atoms with Crippen molar-refractivity contribution in [2.24, 2.45) is 4.99 Å². The Kier molecular flexibility index (Phi) is 3.55. The van der Waals surface area contributed by atoms with Crippen molar-refractivity contribution in [2.75, 3.05) is 4.90 Å². The number of hydrogen-bond acceptors (Lipinski definition) is 4. The van der Waals surface area contributed by atoms with Gasteiger partial charge in [0, 0.05) is 11.1 Å². The van der Waals surface area contributed by atoms with Crippen LogP contribution < -0.4 is 4.90 Å². The molecule has 27 heavy (non-hydrogen) atoms. The van der Waals surface area contributed by atoms with E-state index in [1.54, 1.807) is 0 Å². The van der Waals surface area contributed by atoms with Crippen LogP contribution in [0.4, 0.5) is 11.4 Å². The van der Waals surface area contributed by atoms with Crippen LogP contribution in [0.2, 0.25) is 0 Å². The van der Waals surface area contributed by atoms with E-state index in [-0.39, 0.29) is 0 Å². The predicted molar refractivity (Wildman–Crippen MR) is 106 cm³/mol. The molecule has 1 unspecified atom stereocenters. The molecule has 2 aliphatic heterocycles. The number of guanidine groups is 1. The number of rotatable bonds is 2. The number of aliphatic hydroxyl groups excluding tert-OH is 1. The van der Waals surface area contributed by atoms with Crippen molar-refractivity contribution in [3.63, 3.8) is 0 Å². The van der Waals surface area contributed by atoms with E-state index in [9.17, 15) is 5.11 Å². The smallest absolute Gasteiger partial charge is 0.214 e. The standard InChI is InChI=1S/C22H18N4O/c23-20-17-11-5-7-13-19(17)26-21(27)16-10-4-6-12-18(16)24-22(26)25(20)14-15-8-2-1-3-9-15/h1-13,21,23,27H,14H2. The Morgan fingerprint density at radius 2 is 1.59 bits per heavy atom. The van der Waals surface area contributed by atoms with Crippen molar-refractivity contribution in [3.05, 3.63) is 95.6 Å². The first-order valence-corrected chi connectivity index (χ1v) is 8.88. The van der Waals surface area contributed by atoms with Gasteiger partial charge in [0.1, 0.15) is 5.84 Å². The molecule has 3 aromatic carbocycles. The van der Waals surface area contributed by atoms with E-state index in [0.717, 1.165) is 28.1 Å². The zero-order chi connectivity index (χ0) is 18.4. The van der Waals surface area contributed by atoms with Gasteiger partial charge in [0.05, 0.1) is 17.9 Å². The van der Waals surface area contributed by atoms with Crippen LogP contribution in [0.1, 0.15) is 22.9 Å². The van der Waals surface area contributed by atoms with Crippen molar-refractivity contribution in [2.45, 2.75) is 12.8 Å². The number of hydrogen-bond donors (Lipinski definition) is 2. The molecule has 0 fully saturated rings. The minimum Gasteiger partial charge on any atom is -0.369 e. The van der Waals surface area contributed by atoms with Crippen LogP contribution in [0.25, 0.3) is 0 Å². The van der Waals surface area contributed by atoms with Crippen LogP contribution in [0.3, 0.4) is 0 Å². The highest BCUT2D eigenvalue weighted by atomic mass is 16.3. The number of nitrogens with zero attached hydrogens (tertiary/aromatic N) is 3. The second kappa shape index (κ2) is 6.07. The molecule has 0 bridgehead atoms. The lowest BCUT2D eigenvalue weighted by atomic mass is 10.0. The summed E-state index contributed by atoms with van der Waals surface area (Å²) in [5, 5.41) is 19.9. The number of nitrogens with one attached hydrogen (secondary N) is 1. The second-order valence-electron chi connectivity index (χ2n) is 6.65. The Bertz CT molecular complexity index is 1060. The van der Waals surface area contributed by atoms with Crippen molar-refractivity contribution in [1.82, 2.24) is 4.90 Å². The van der Waals surface area contributed by atoms with Gasteiger partial charge in [-0.2, -0.15) is 0 Å². The molecule has 5 heteroatoms. The van der Waals surface area contributed by atoms with E-state index < -0.39 is 6.23 Å². The molecule has 0 saturated carbocycles. The molecule has 0 radical (unpaired) electrons. The number of fused-ring (bicyclic) bond motifs is 4. The monoisotopic (exact) mass is 354 g/mol. The summed E-state index contributed by atoms with van der Waals surface area (Å²) in [5.74, 6) is 0.963. The van der Waals surface area contributed by atoms with Gasteiger partial charge >= 0.3 is 0 Å². The lowest BCUT2D eigenvalue weighted by Crippen LogP contribution is -2.53. The van der Waals surface area contributed by atoms with Gasteiger partial charge < -0.3 is 5.11 Å². The molecule has 132 valence electrons. The van der Waals surface area contributed by atoms with Crippen LogP contribution in [0.15, 0.2) is 83.9 Å². The number of para-hydroxylation sites is 2. The Balaban J connectivity index is 1.70. The summed E-state index contributed by atoms with van der Waals surface area (Å²) in [6.07, 6.45) is -0.846. The average molecular weight is 354 g/mol. The fraction of sp³-hybridized carbons (Fsp3) is 0.0909. The van der Waals surface area contributed by atoms with Crippen LogP contribution in [-0.4, -0.2) is 21.8 Å². The zero-order valence-electron chi connectivity index (χ0n) is 14.6. The average Bonchev–Trinajstić information content (AvgIpc) is 2.72. The third-order valence-corrected chi connectivity index (χ3v) is 5.01. The minimum absolute atomic E-state index is 0.385. The highest BCUT2D eigenvalue weighted by Gasteiger charge is 2.39. The van der Waals surface area contributed by atoms with E-state index >= 15 is 0 Å². The Labute approximate surface area is 157 Å². The highest BCUT2D eigenvalue weighted by Crippen LogP contribution is 2.41. The van der Waals surface area contributed by atoms with Gasteiger partial charge in [0.2, 0.25) is 5.96 Å². The third-order valence-electron chi connectivity index (χ3n) is 5.01. The molecule has 1 atom stereocenters. The number of benzene rings is 3. The molecule has 5 rings (SSSR count). The first kappa shape index (κ1) is 15.8. The lowest BCUT2D eigenvalue weighted by molar-refractivity contribution is 0.182. The largest absolute Gasteiger partial charge is 0.369 e. The Morgan fingerprint density at radius 1 is 0.889 bits per heavy atom. The lowest BCUT2D eigenvalue weighted by Gasteiger charge is -2.44. The summed E-state index contributed by atoms with van der Waals surface area (Å²) in [7, 11) is 0. The van der Waals surface area contributed by atoms with Crippen LogP contribution in [0.5, 0.6) is 0 Å². The molecule has 2 aliphatic rings. The highest BCUT2D eigenvalue weighted by molar-refractivity contribution is 6.20. The van der Waals surface area contributed by atoms with Gasteiger partial charge in [0.15, 0.2) is 6.23 Å². The van der Waals surface area contributed by atoms with Crippen molar-refractivity contribution < 1.29 is 5.11 Å². The summed E-state index contributed by atoms with van der Waals surface area (Å²) in [6, 6.07) is 25.3. The Morgan fingerprint density at radius 3 is 2.44 bits per heavy atom. The summed E-state index contributed by atoms with van der Waals surface area (Å²) in [6.45, 7) is 0.512. The molecule has 0 spiro atoms.